The van der Waals surface area contributed by atoms with Crippen LogP contribution in [-0.2, 0) is 35.4 Å². The van der Waals surface area contributed by atoms with Gasteiger partial charge < -0.3 is 19.9 Å². The number of ether oxygens (including phenoxy) is 1. The van der Waals surface area contributed by atoms with E-state index in [0.717, 1.165) is 10.6 Å². The maximum absolute atomic E-state index is 13.9. The molecule has 1 amide bonds. The molecular formula is C17H15F6N5O2. The van der Waals surface area contributed by atoms with Gasteiger partial charge in [0.15, 0.2) is 23.3 Å². The Bertz CT molecular complexity index is 1010. The standard InChI is InChI=1S/C17H15F6N5O2/c18-9-3-7-8(13(19)14(9)20)6-30-15(7)10(24)4-12(29)27-1-2-28-11(5-27)25-26-16(28)17(21,22)23/h3,10,15H,1-2,4-6,24H2/t10-,15?/m0/s1. The molecule has 0 fully saturated rings. The van der Waals surface area contributed by atoms with Crippen LogP contribution in [-0.4, -0.2) is 38.2 Å². The summed E-state index contributed by atoms with van der Waals surface area (Å²) in [5, 5.41) is 6.63. The lowest BCUT2D eigenvalue weighted by Gasteiger charge is -2.29. The van der Waals surface area contributed by atoms with Gasteiger partial charge in [-0.1, -0.05) is 0 Å². The number of hydrogen-bond acceptors (Lipinski definition) is 5. The molecule has 7 nitrogen and oxygen atoms in total. The Morgan fingerprint density at radius 2 is 1.97 bits per heavy atom. The third-order valence-corrected chi connectivity index (χ3v) is 5.17. The van der Waals surface area contributed by atoms with Crippen molar-refractivity contribution in [2.75, 3.05) is 6.54 Å². The van der Waals surface area contributed by atoms with Crippen molar-refractivity contribution in [2.45, 2.75) is 44.4 Å². The molecule has 0 radical (unpaired) electrons. The lowest BCUT2D eigenvalue weighted by Crippen LogP contribution is -2.42. The molecule has 0 spiro atoms. The van der Waals surface area contributed by atoms with Gasteiger partial charge in [-0.3, -0.25) is 4.79 Å². The van der Waals surface area contributed by atoms with E-state index in [0.29, 0.717) is 0 Å². The Kier molecular flexibility index (Phi) is 4.97. The summed E-state index contributed by atoms with van der Waals surface area (Å²) >= 11 is 0. The second kappa shape index (κ2) is 7.23. The summed E-state index contributed by atoms with van der Waals surface area (Å²) in [4.78, 5) is 13.9. The number of halogens is 6. The summed E-state index contributed by atoms with van der Waals surface area (Å²) < 4.78 is 85.8. The third-order valence-electron chi connectivity index (χ3n) is 5.17. The molecule has 0 bridgehead atoms. The van der Waals surface area contributed by atoms with Crippen LogP contribution in [0.15, 0.2) is 6.07 Å². The monoisotopic (exact) mass is 435 g/mol. The van der Waals surface area contributed by atoms with Crippen molar-refractivity contribution in [2.24, 2.45) is 5.73 Å². The fourth-order valence-corrected chi connectivity index (χ4v) is 3.69. The number of nitrogens with zero attached hydrogens (tertiary/aromatic N) is 4. The second-order valence-corrected chi connectivity index (χ2v) is 7.06. The van der Waals surface area contributed by atoms with E-state index in [1.807, 2.05) is 0 Å². The highest BCUT2D eigenvalue weighted by Crippen LogP contribution is 2.37. The highest BCUT2D eigenvalue weighted by Gasteiger charge is 2.40. The largest absolute Gasteiger partial charge is 0.451 e. The van der Waals surface area contributed by atoms with Gasteiger partial charge in [-0.2, -0.15) is 13.2 Å². The molecule has 0 saturated carbocycles. The topological polar surface area (TPSA) is 86.3 Å². The Morgan fingerprint density at radius 3 is 2.67 bits per heavy atom. The zero-order valence-electron chi connectivity index (χ0n) is 15.2. The Morgan fingerprint density at radius 1 is 1.23 bits per heavy atom. The summed E-state index contributed by atoms with van der Waals surface area (Å²) in [5.74, 6) is -6.01. The van der Waals surface area contributed by atoms with Gasteiger partial charge in [0.25, 0.3) is 0 Å². The Balaban J connectivity index is 1.45. The van der Waals surface area contributed by atoms with Crippen LogP contribution < -0.4 is 5.73 Å². The maximum Gasteiger partial charge on any atom is 0.451 e. The average molecular weight is 435 g/mol. The van der Waals surface area contributed by atoms with Gasteiger partial charge in [-0.25, -0.2) is 13.2 Å². The minimum Gasteiger partial charge on any atom is -0.367 e. The number of nitrogens with two attached hydrogens (primary N) is 1. The molecule has 3 heterocycles. The number of alkyl halides is 3. The van der Waals surface area contributed by atoms with E-state index >= 15 is 0 Å². The maximum atomic E-state index is 13.9. The normalized spacial score (nSPS) is 19.6. The van der Waals surface area contributed by atoms with Crippen LogP contribution in [0.1, 0.15) is 35.3 Å². The van der Waals surface area contributed by atoms with Gasteiger partial charge in [0.2, 0.25) is 11.7 Å². The molecule has 1 aromatic carbocycles. The number of fused-ring (bicyclic) bond motifs is 2. The summed E-state index contributed by atoms with van der Waals surface area (Å²) in [6.45, 7) is -0.671. The highest BCUT2D eigenvalue weighted by atomic mass is 19.4. The van der Waals surface area contributed by atoms with Crippen molar-refractivity contribution in [1.82, 2.24) is 19.7 Å². The number of rotatable bonds is 3. The van der Waals surface area contributed by atoms with Gasteiger partial charge in [-0.15, -0.1) is 10.2 Å². The number of hydrogen-bond donors (Lipinski definition) is 1. The van der Waals surface area contributed by atoms with Crippen LogP contribution in [0.25, 0.3) is 0 Å². The van der Waals surface area contributed by atoms with E-state index in [1.165, 1.54) is 4.90 Å². The first kappa shape index (κ1) is 20.6. The Hall–Kier alpha value is -2.67. The molecule has 0 aliphatic carbocycles. The van der Waals surface area contributed by atoms with Gasteiger partial charge in [0, 0.05) is 31.1 Å². The predicted molar refractivity (Wildman–Crippen MR) is 86.9 cm³/mol. The predicted octanol–water partition coefficient (Wildman–Crippen LogP) is 2.05. The second-order valence-electron chi connectivity index (χ2n) is 7.06. The van der Waals surface area contributed by atoms with E-state index < -0.39 is 47.5 Å². The van der Waals surface area contributed by atoms with E-state index in [2.05, 4.69) is 10.2 Å². The molecule has 13 heteroatoms. The first-order valence-electron chi connectivity index (χ1n) is 8.88. The minimum absolute atomic E-state index is 0.0161. The van der Waals surface area contributed by atoms with Gasteiger partial charge in [0.05, 0.1) is 19.3 Å². The van der Waals surface area contributed by atoms with Gasteiger partial charge in [0.1, 0.15) is 0 Å². The van der Waals surface area contributed by atoms with Crippen LogP contribution in [0, 0.1) is 17.5 Å². The lowest BCUT2D eigenvalue weighted by atomic mass is 9.97. The van der Waals surface area contributed by atoms with Crippen molar-refractivity contribution < 1.29 is 35.9 Å². The van der Waals surface area contributed by atoms with Crippen LogP contribution in [0.4, 0.5) is 26.3 Å². The lowest BCUT2D eigenvalue weighted by molar-refractivity contribution is -0.148. The fraction of sp³-hybridized carbons (Fsp3) is 0.471. The molecule has 2 aliphatic rings. The number of carbonyl (C=O) groups is 1. The number of benzene rings is 1. The van der Waals surface area contributed by atoms with Crippen molar-refractivity contribution >= 4 is 5.91 Å². The van der Waals surface area contributed by atoms with Crippen molar-refractivity contribution in [1.29, 1.82) is 0 Å². The van der Waals surface area contributed by atoms with E-state index in [9.17, 15) is 31.1 Å². The molecule has 2 aromatic rings. The summed E-state index contributed by atoms with van der Waals surface area (Å²) in [7, 11) is 0. The zero-order valence-corrected chi connectivity index (χ0v) is 15.2. The summed E-state index contributed by atoms with van der Waals surface area (Å²) in [6, 6.07) is -0.217. The van der Waals surface area contributed by atoms with E-state index in [-0.39, 0.29) is 49.6 Å². The molecule has 1 unspecified atom stereocenters. The molecule has 2 atom stereocenters. The average Bonchev–Trinajstić information content (AvgIpc) is 3.29. The number of amides is 1. The molecule has 2 N–H and O–H groups in total. The molecule has 0 saturated heterocycles. The highest BCUT2D eigenvalue weighted by molar-refractivity contribution is 5.77. The Labute approximate surface area is 165 Å². The van der Waals surface area contributed by atoms with Gasteiger partial charge in [-0.05, 0) is 11.6 Å². The molecule has 30 heavy (non-hydrogen) atoms. The fourth-order valence-electron chi connectivity index (χ4n) is 3.69. The van der Waals surface area contributed by atoms with Gasteiger partial charge >= 0.3 is 6.18 Å². The van der Waals surface area contributed by atoms with Crippen molar-refractivity contribution in [3.63, 3.8) is 0 Å². The van der Waals surface area contributed by atoms with E-state index in [1.54, 1.807) is 0 Å². The number of aromatic nitrogens is 3. The minimum atomic E-state index is -4.66. The van der Waals surface area contributed by atoms with E-state index in [4.69, 9.17) is 10.5 Å². The van der Waals surface area contributed by atoms with Crippen molar-refractivity contribution in [3.05, 3.63) is 46.3 Å². The SMILES string of the molecule is N[C@@H](CC(=O)N1CCn2c(nnc2C(F)(F)F)C1)C1OCc2c1cc(F)c(F)c2F. The van der Waals surface area contributed by atoms with Crippen LogP contribution in [0.5, 0.6) is 0 Å². The molecular weight excluding hydrogens is 420 g/mol. The summed E-state index contributed by atoms with van der Waals surface area (Å²) in [6.07, 6.45) is -5.99. The van der Waals surface area contributed by atoms with Crippen LogP contribution >= 0.6 is 0 Å². The van der Waals surface area contributed by atoms with Crippen molar-refractivity contribution in [3.8, 4) is 0 Å². The van der Waals surface area contributed by atoms with Crippen LogP contribution in [0.2, 0.25) is 0 Å². The first-order chi connectivity index (χ1) is 14.1. The quantitative estimate of drug-likeness (QED) is 0.589. The molecule has 2 aliphatic heterocycles. The summed E-state index contributed by atoms with van der Waals surface area (Å²) in [5.41, 5.74) is 5.87. The molecule has 4 rings (SSSR count). The number of carbonyl (C=O) groups excluding carboxylic acids is 1. The smallest absolute Gasteiger partial charge is 0.367 e. The third kappa shape index (κ3) is 3.41. The molecule has 1 aromatic heterocycles. The molecule has 162 valence electrons. The zero-order chi connectivity index (χ0) is 21.8. The first-order valence-corrected chi connectivity index (χ1v) is 8.88. The van der Waals surface area contributed by atoms with Crippen LogP contribution in [0.3, 0.4) is 0 Å².